The molecule has 0 radical (unpaired) electrons. The molecule has 7 nitrogen and oxygen atoms in total. The maximum Gasteiger partial charge on any atom is 0.573 e. The summed E-state index contributed by atoms with van der Waals surface area (Å²) in [5, 5.41) is 7.55. The van der Waals surface area contributed by atoms with Crippen molar-refractivity contribution in [3.63, 3.8) is 0 Å². The number of carbonyl (C=O) groups is 2. The Bertz CT molecular complexity index is 1020. The summed E-state index contributed by atoms with van der Waals surface area (Å²) < 4.78 is 47.1. The van der Waals surface area contributed by atoms with E-state index >= 15 is 0 Å². The quantitative estimate of drug-likeness (QED) is 0.622. The fourth-order valence-corrected chi connectivity index (χ4v) is 3.57. The highest BCUT2D eigenvalue weighted by Gasteiger charge is 2.31. The number of nitrogens with one attached hydrogen (secondary N) is 1. The lowest BCUT2D eigenvalue weighted by Gasteiger charge is -2.13. The first-order valence-electron chi connectivity index (χ1n) is 8.34. The van der Waals surface area contributed by atoms with Crippen LogP contribution in [0.15, 0.2) is 30.3 Å². The summed E-state index contributed by atoms with van der Waals surface area (Å²) in [7, 11) is 1.77. The Morgan fingerprint density at radius 3 is 2.48 bits per heavy atom. The van der Waals surface area contributed by atoms with Gasteiger partial charge in [-0.25, -0.2) is 4.79 Å². The molecule has 0 saturated carbocycles. The van der Waals surface area contributed by atoms with Crippen molar-refractivity contribution < 1.29 is 32.2 Å². The number of rotatable bonds is 5. The van der Waals surface area contributed by atoms with Crippen LogP contribution < -0.4 is 10.1 Å². The molecule has 0 spiro atoms. The summed E-state index contributed by atoms with van der Waals surface area (Å²) in [6, 6.07) is 6.28. The molecule has 154 valence electrons. The first-order valence-corrected chi connectivity index (χ1v) is 9.16. The van der Waals surface area contributed by atoms with E-state index in [0.717, 1.165) is 28.0 Å². The summed E-state index contributed by atoms with van der Waals surface area (Å²) in [6.07, 6.45) is -5.91. The second-order valence-corrected chi connectivity index (χ2v) is 7.18. The van der Waals surface area contributed by atoms with E-state index in [4.69, 9.17) is 4.74 Å². The predicted molar refractivity (Wildman–Crippen MR) is 100.0 cm³/mol. The Balaban J connectivity index is 1.60. The molecule has 0 saturated heterocycles. The monoisotopic (exact) mass is 427 g/mol. The number of aromatic nitrogens is 2. The van der Waals surface area contributed by atoms with Gasteiger partial charge in [0.05, 0.1) is 5.69 Å². The van der Waals surface area contributed by atoms with Gasteiger partial charge in [0.15, 0.2) is 6.10 Å². The van der Waals surface area contributed by atoms with Gasteiger partial charge in [0.2, 0.25) is 0 Å². The number of nitrogens with zero attached hydrogens (tertiary/aromatic N) is 2. The van der Waals surface area contributed by atoms with Gasteiger partial charge >= 0.3 is 12.3 Å². The zero-order valence-corrected chi connectivity index (χ0v) is 16.4. The molecule has 1 atom stereocenters. The number of fused-ring (bicyclic) bond motifs is 1. The van der Waals surface area contributed by atoms with Gasteiger partial charge in [-0.05, 0) is 44.2 Å². The van der Waals surface area contributed by atoms with E-state index in [0.29, 0.717) is 4.88 Å². The van der Waals surface area contributed by atoms with Crippen LogP contribution in [0.25, 0.3) is 10.2 Å². The lowest BCUT2D eigenvalue weighted by Crippen LogP contribution is -2.29. The predicted octanol–water partition coefficient (Wildman–Crippen LogP) is 4.03. The van der Waals surface area contributed by atoms with Crippen LogP contribution in [0, 0.1) is 6.92 Å². The zero-order valence-electron chi connectivity index (χ0n) is 15.5. The van der Waals surface area contributed by atoms with E-state index in [2.05, 4.69) is 15.2 Å². The zero-order chi connectivity index (χ0) is 21.3. The molecule has 1 aromatic carbocycles. The highest BCUT2D eigenvalue weighted by molar-refractivity contribution is 7.20. The molecule has 1 unspecified atom stereocenters. The Hall–Kier alpha value is -3.08. The van der Waals surface area contributed by atoms with Crippen molar-refractivity contribution in [2.24, 2.45) is 7.05 Å². The van der Waals surface area contributed by atoms with Gasteiger partial charge in [-0.3, -0.25) is 9.48 Å². The van der Waals surface area contributed by atoms with E-state index in [1.54, 1.807) is 17.8 Å². The number of alkyl halides is 3. The lowest BCUT2D eigenvalue weighted by atomic mass is 10.3. The Labute approximate surface area is 167 Å². The van der Waals surface area contributed by atoms with Crippen LogP contribution >= 0.6 is 11.3 Å². The maximum atomic E-state index is 12.3. The third kappa shape index (κ3) is 4.86. The van der Waals surface area contributed by atoms with Gasteiger partial charge in [0.25, 0.3) is 5.91 Å². The van der Waals surface area contributed by atoms with Crippen molar-refractivity contribution in [2.45, 2.75) is 26.3 Å². The van der Waals surface area contributed by atoms with Gasteiger partial charge in [0.1, 0.15) is 15.5 Å². The fraction of sp³-hybridized carbons (Fsp3) is 0.278. The minimum Gasteiger partial charge on any atom is -0.448 e. The molecular weight excluding hydrogens is 411 g/mol. The van der Waals surface area contributed by atoms with Crippen LogP contribution in [0.1, 0.15) is 22.3 Å². The van der Waals surface area contributed by atoms with Crippen molar-refractivity contribution >= 4 is 39.1 Å². The number of hydrogen-bond acceptors (Lipinski definition) is 6. The highest BCUT2D eigenvalue weighted by atomic mass is 32.1. The summed E-state index contributed by atoms with van der Waals surface area (Å²) in [4.78, 5) is 25.7. The second-order valence-electron chi connectivity index (χ2n) is 6.15. The van der Waals surface area contributed by atoms with E-state index in [-0.39, 0.29) is 5.69 Å². The number of hydrogen-bond donors (Lipinski definition) is 1. The molecule has 3 rings (SSSR count). The Morgan fingerprint density at radius 2 is 1.90 bits per heavy atom. The molecule has 3 aromatic rings. The van der Waals surface area contributed by atoms with E-state index in [1.165, 1.54) is 30.4 Å². The average molecular weight is 427 g/mol. The van der Waals surface area contributed by atoms with Crippen molar-refractivity contribution in [3.8, 4) is 5.75 Å². The smallest absolute Gasteiger partial charge is 0.448 e. The number of esters is 1. The number of ether oxygens (including phenoxy) is 2. The molecule has 2 aromatic heterocycles. The van der Waals surface area contributed by atoms with E-state index in [9.17, 15) is 22.8 Å². The number of thiophene rings is 1. The van der Waals surface area contributed by atoms with Crippen molar-refractivity contribution in [1.82, 2.24) is 9.78 Å². The van der Waals surface area contributed by atoms with Crippen LogP contribution in [0.5, 0.6) is 5.75 Å². The second kappa shape index (κ2) is 7.74. The van der Waals surface area contributed by atoms with Gasteiger partial charge < -0.3 is 14.8 Å². The van der Waals surface area contributed by atoms with Crippen LogP contribution in [0.2, 0.25) is 0 Å². The van der Waals surface area contributed by atoms with E-state index < -0.39 is 30.1 Å². The lowest BCUT2D eigenvalue weighted by molar-refractivity contribution is -0.274. The first-order chi connectivity index (χ1) is 13.5. The van der Waals surface area contributed by atoms with Crippen molar-refractivity contribution in [2.75, 3.05) is 5.32 Å². The maximum absolute atomic E-state index is 12.3. The van der Waals surface area contributed by atoms with Gasteiger partial charge in [-0.2, -0.15) is 5.10 Å². The first kappa shape index (κ1) is 20.6. The number of aryl methyl sites for hydroxylation is 2. The summed E-state index contributed by atoms with van der Waals surface area (Å²) in [5.74, 6) is -1.69. The minimum absolute atomic E-state index is 0.232. The third-order valence-corrected chi connectivity index (χ3v) is 5.09. The Morgan fingerprint density at radius 1 is 1.24 bits per heavy atom. The largest absolute Gasteiger partial charge is 0.573 e. The number of benzene rings is 1. The molecule has 0 bridgehead atoms. The van der Waals surface area contributed by atoms with Gasteiger partial charge in [-0.15, -0.1) is 24.5 Å². The molecule has 0 fully saturated rings. The average Bonchev–Trinajstić information content (AvgIpc) is 3.17. The van der Waals surface area contributed by atoms with Gasteiger partial charge in [0, 0.05) is 18.1 Å². The third-order valence-electron chi connectivity index (χ3n) is 3.91. The highest BCUT2D eigenvalue weighted by Crippen LogP contribution is 2.28. The Kier molecular flexibility index (Phi) is 5.51. The topological polar surface area (TPSA) is 82.5 Å². The van der Waals surface area contributed by atoms with Gasteiger partial charge in [-0.1, -0.05) is 0 Å². The van der Waals surface area contributed by atoms with E-state index in [1.807, 2.05) is 6.92 Å². The molecule has 0 aliphatic carbocycles. The standard InChI is InChI=1S/C18H16F3N3O4S/c1-9-13-8-14(29-16(13)24(3)23-9)17(26)27-10(2)15(25)22-11-4-6-12(7-5-11)28-18(19,20)21/h4-8,10H,1-3H3,(H,22,25). The molecule has 1 N–H and O–H groups in total. The summed E-state index contributed by atoms with van der Waals surface area (Å²) >= 11 is 1.20. The SMILES string of the molecule is Cc1nn(C)c2sc(C(=O)OC(C)C(=O)Nc3ccc(OC(F)(F)F)cc3)cc12. The molecule has 2 heterocycles. The molecule has 1 amide bonds. The van der Waals surface area contributed by atoms with Crippen molar-refractivity contribution in [3.05, 3.63) is 40.9 Å². The number of carbonyl (C=O) groups excluding carboxylic acids is 2. The van der Waals surface area contributed by atoms with Crippen LogP contribution in [-0.4, -0.2) is 34.1 Å². The minimum atomic E-state index is -4.80. The van der Waals surface area contributed by atoms with Crippen LogP contribution in [0.4, 0.5) is 18.9 Å². The van der Waals surface area contributed by atoms with Crippen LogP contribution in [-0.2, 0) is 16.6 Å². The molecule has 0 aliphatic heterocycles. The molecular formula is C18H16F3N3O4S. The number of halogens is 3. The normalized spacial score (nSPS) is 12.6. The summed E-state index contributed by atoms with van der Waals surface area (Å²) in [6.45, 7) is 3.22. The van der Waals surface area contributed by atoms with Crippen molar-refractivity contribution in [1.29, 1.82) is 0 Å². The fourth-order valence-electron chi connectivity index (χ4n) is 2.56. The molecule has 0 aliphatic rings. The number of amides is 1. The summed E-state index contributed by atoms with van der Waals surface area (Å²) in [5.41, 5.74) is 1.01. The molecule has 11 heteroatoms. The number of anilines is 1. The molecule has 29 heavy (non-hydrogen) atoms. The van der Waals surface area contributed by atoms with Crippen LogP contribution in [0.3, 0.4) is 0 Å².